The molecule has 1 amide bonds. The Kier molecular flexibility index (Phi) is 2.62. The van der Waals surface area contributed by atoms with E-state index in [0.29, 0.717) is 0 Å². The van der Waals surface area contributed by atoms with Crippen molar-refractivity contribution < 1.29 is 9.53 Å². The van der Waals surface area contributed by atoms with Crippen LogP contribution in [0.15, 0.2) is 18.2 Å². The summed E-state index contributed by atoms with van der Waals surface area (Å²) in [5, 5.41) is 0. The number of likely N-dealkylation sites (N-methyl/N-ethyl adjacent to an activating group) is 1. The molecule has 1 aliphatic heterocycles. The molecule has 3 nitrogen and oxygen atoms in total. The topological polar surface area (TPSA) is 29.5 Å². The van der Waals surface area contributed by atoms with Crippen LogP contribution in [0.25, 0.3) is 0 Å². The van der Waals surface area contributed by atoms with E-state index in [4.69, 9.17) is 4.74 Å². The van der Waals surface area contributed by atoms with Crippen molar-refractivity contribution in [2.75, 3.05) is 18.6 Å². The molecule has 0 unspecified atom stereocenters. The van der Waals surface area contributed by atoms with Gasteiger partial charge in [0.2, 0.25) is 0 Å². The fraction of sp³-hybridized carbons (Fsp3) is 0.417. The molecule has 0 bridgehead atoms. The van der Waals surface area contributed by atoms with Crippen molar-refractivity contribution >= 4 is 24.2 Å². The summed E-state index contributed by atoms with van der Waals surface area (Å²) < 4.78 is 5.13. The highest BCUT2D eigenvalue weighted by molar-refractivity contribution is 7.81. The van der Waals surface area contributed by atoms with Crippen molar-refractivity contribution in [1.29, 1.82) is 0 Å². The Balaban J connectivity index is 2.48. The van der Waals surface area contributed by atoms with Gasteiger partial charge in [-0.15, -0.1) is 0 Å². The lowest BCUT2D eigenvalue weighted by Gasteiger charge is -2.28. The number of fused-ring (bicyclic) bond motifs is 1. The molecule has 16 heavy (non-hydrogen) atoms. The van der Waals surface area contributed by atoms with Gasteiger partial charge >= 0.3 is 0 Å². The Bertz CT molecular complexity index is 437. The Labute approximate surface area is 101 Å². The molecule has 0 aromatic heterocycles. The van der Waals surface area contributed by atoms with Gasteiger partial charge in [-0.1, -0.05) is 6.07 Å². The van der Waals surface area contributed by atoms with Gasteiger partial charge in [-0.2, -0.15) is 12.6 Å². The van der Waals surface area contributed by atoms with Gasteiger partial charge in [0.15, 0.2) is 6.61 Å². The highest BCUT2D eigenvalue weighted by Crippen LogP contribution is 2.36. The van der Waals surface area contributed by atoms with Crippen LogP contribution in [-0.2, 0) is 9.54 Å². The van der Waals surface area contributed by atoms with Crippen molar-refractivity contribution in [3.8, 4) is 5.75 Å². The molecule has 0 radical (unpaired) electrons. The normalized spacial score (nSPS) is 15.8. The van der Waals surface area contributed by atoms with Crippen molar-refractivity contribution in [2.24, 2.45) is 0 Å². The summed E-state index contributed by atoms with van der Waals surface area (Å²) in [5.41, 5.74) is 1.88. The molecule has 0 saturated carbocycles. The van der Waals surface area contributed by atoms with Crippen LogP contribution >= 0.6 is 12.6 Å². The molecule has 1 aliphatic rings. The highest BCUT2D eigenvalue weighted by Gasteiger charge is 2.24. The molecular weight excluding hydrogens is 222 g/mol. The van der Waals surface area contributed by atoms with E-state index in [9.17, 15) is 4.79 Å². The van der Waals surface area contributed by atoms with E-state index in [1.54, 1.807) is 11.9 Å². The SMILES string of the molecule is CN1C(=O)COc2ccc(C(C)(C)S)cc21. The zero-order chi connectivity index (χ0) is 11.9. The average Bonchev–Trinajstić information content (AvgIpc) is 2.22. The number of ether oxygens (including phenoxy) is 1. The molecule has 0 atom stereocenters. The number of benzene rings is 1. The van der Waals surface area contributed by atoms with E-state index in [1.807, 2.05) is 32.0 Å². The Morgan fingerprint density at radius 1 is 1.44 bits per heavy atom. The molecule has 1 heterocycles. The van der Waals surface area contributed by atoms with Gasteiger partial charge < -0.3 is 9.64 Å². The van der Waals surface area contributed by atoms with Crippen LogP contribution in [-0.4, -0.2) is 19.6 Å². The summed E-state index contributed by atoms with van der Waals surface area (Å²) in [5.74, 6) is 0.727. The van der Waals surface area contributed by atoms with Crippen LogP contribution in [0.3, 0.4) is 0 Å². The molecule has 0 aliphatic carbocycles. The molecule has 2 rings (SSSR count). The van der Waals surface area contributed by atoms with Crippen LogP contribution in [0.2, 0.25) is 0 Å². The van der Waals surface area contributed by atoms with E-state index in [-0.39, 0.29) is 17.3 Å². The quantitative estimate of drug-likeness (QED) is 0.759. The molecule has 86 valence electrons. The van der Waals surface area contributed by atoms with Gasteiger partial charge in [0.05, 0.1) is 5.69 Å². The number of amides is 1. The highest BCUT2D eigenvalue weighted by atomic mass is 32.1. The smallest absolute Gasteiger partial charge is 0.264 e. The summed E-state index contributed by atoms with van der Waals surface area (Å²) >= 11 is 4.52. The van der Waals surface area contributed by atoms with E-state index in [1.165, 1.54) is 0 Å². The lowest BCUT2D eigenvalue weighted by atomic mass is 10.0. The number of rotatable bonds is 1. The first-order chi connectivity index (χ1) is 7.39. The summed E-state index contributed by atoms with van der Waals surface area (Å²) in [6, 6.07) is 5.83. The second-order valence-corrected chi connectivity index (χ2v) is 5.60. The first-order valence-corrected chi connectivity index (χ1v) is 5.60. The van der Waals surface area contributed by atoms with Crippen LogP contribution < -0.4 is 9.64 Å². The maximum atomic E-state index is 11.5. The van der Waals surface area contributed by atoms with Gasteiger partial charge in [0.1, 0.15) is 5.75 Å². The molecule has 0 saturated heterocycles. The number of nitrogens with zero attached hydrogens (tertiary/aromatic N) is 1. The molecule has 4 heteroatoms. The maximum Gasteiger partial charge on any atom is 0.264 e. The van der Waals surface area contributed by atoms with Gasteiger partial charge in [-0.25, -0.2) is 0 Å². The van der Waals surface area contributed by atoms with Gasteiger partial charge in [-0.05, 0) is 31.5 Å². The molecule has 1 aromatic rings. The van der Waals surface area contributed by atoms with Crippen LogP contribution in [0.1, 0.15) is 19.4 Å². The summed E-state index contributed by atoms with van der Waals surface area (Å²) in [6.07, 6.45) is 0. The summed E-state index contributed by atoms with van der Waals surface area (Å²) in [4.78, 5) is 13.1. The second kappa shape index (κ2) is 3.70. The van der Waals surface area contributed by atoms with Gasteiger partial charge in [0.25, 0.3) is 5.91 Å². The number of carbonyl (C=O) groups excluding carboxylic acids is 1. The first-order valence-electron chi connectivity index (χ1n) is 5.16. The molecular formula is C12H15NO2S. The predicted molar refractivity (Wildman–Crippen MR) is 67.4 cm³/mol. The van der Waals surface area contributed by atoms with Gasteiger partial charge in [0, 0.05) is 11.8 Å². The van der Waals surface area contributed by atoms with Crippen LogP contribution in [0.5, 0.6) is 5.75 Å². The zero-order valence-corrected chi connectivity index (χ0v) is 10.5. The molecule has 0 N–H and O–H groups in total. The largest absolute Gasteiger partial charge is 0.482 e. The minimum Gasteiger partial charge on any atom is -0.482 e. The number of carbonyl (C=O) groups is 1. The Morgan fingerprint density at radius 2 is 2.12 bits per heavy atom. The van der Waals surface area contributed by atoms with Crippen LogP contribution in [0, 0.1) is 0 Å². The zero-order valence-electron chi connectivity index (χ0n) is 9.65. The van der Waals surface area contributed by atoms with Crippen molar-refractivity contribution in [1.82, 2.24) is 0 Å². The third-order valence-corrected chi connectivity index (χ3v) is 3.01. The third kappa shape index (κ3) is 1.89. The van der Waals surface area contributed by atoms with Crippen molar-refractivity contribution in [3.05, 3.63) is 23.8 Å². The predicted octanol–water partition coefficient (Wildman–Crippen LogP) is 2.21. The van der Waals surface area contributed by atoms with Gasteiger partial charge in [-0.3, -0.25) is 4.79 Å². The summed E-state index contributed by atoms with van der Waals surface area (Å²) in [6.45, 7) is 4.15. The number of thiol groups is 1. The fourth-order valence-corrected chi connectivity index (χ4v) is 1.79. The van der Waals surface area contributed by atoms with E-state index in [2.05, 4.69) is 12.6 Å². The Morgan fingerprint density at radius 3 is 2.75 bits per heavy atom. The molecule has 0 spiro atoms. The van der Waals surface area contributed by atoms with E-state index < -0.39 is 0 Å². The van der Waals surface area contributed by atoms with Crippen molar-refractivity contribution in [2.45, 2.75) is 18.6 Å². The van der Waals surface area contributed by atoms with Crippen molar-refractivity contribution in [3.63, 3.8) is 0 Å². The fourth-order valence-electron chi connectivity index (χ4n) is 1.65. The molecule has 1 aromatic carbocycles. The molecule has 0 fully saturated rings. The van der Waals surface area contributed by atoms with Crippen LogP contribution in [0.4, 0.5) is 5.69 Å². The number of hydrogen-bond donors (Lipinski definition) is 1. The lowest BCUT2D eigenvalue weighted by Crippen LogP contribution is -2.35. The monoisotopic (exact) mass is 237 g/mol. The first kappa shape index (κ1) is 11.3. The maximum absolute atomic E-state index is 11.5. The number of hydrogen-bond acceptors (Lipinski definition) is 3. The Hall–Kier alpha value is -1.16. The standard InChI is InChI=1S/C12H15NO2S/c1-12(2,16)8-4-5-10-9(6-8)13(3)11(14)7-15-10/h4-6,16H,7H2,1-3H3. The second-order valence-electron chi connectivity index (χ2n) is 4.48. The third-order valence-electron chi connectivity index (χ3n) is 2.75. The minimum absolute atomic E-state index is 0.0263. The van der Waals surface area contributed by atoms with E-state index >= 15 is 0 Å². The van der Waals surface area contributed by atoms with E-state index in [0.717, 1.165) is 17.0 Å². The average molecular weight is 237 g/mol. The minimum atomic E-state index is -0.226. The lowest BCUT2D eigenvalue weighted by molar-refractivity contribution is -0.120. The number of anilines is 1. The summed E-state index contributed by atoms with van der Waals surface area (Å²) in [7, 11) is 1.76.